The summed E-state index contributed by atoms with van der Waals surface area (Å²) in [6, 6.07) is 6.66. The maximum Gasteiger partial charge on any atom is 0.231 e. The van der Waals surface area contributed by atoms with Gasteiger partial charge in [-0.2, -0.15) is 0 Å². The molecule has 1 atom stereocenters. The first kappa shape index (κ1) is 21.5. The van der Waals surface area contributed by atoms with Crippen molar-refractivity contribution < 1.29 is 19.1 Å². The van der Waals surface area contributed by atoms with Gasteiger partial charge >= 0.3 is 0 Å². The summed E-state index contributed by atoms with van der Waals surface area (Å²) >= 11 is 1.13. The topological polar surface area (TPSA) is 121 Å². The second kappa shape index (κ2) is 9.98. The molecule has 9 nitrogen and oxygen atoms in total. The van der Waals surface area contributed by atoms with Crippen LogP contribution in [-0.2, 0) is 16.2 Å². The van der Waals surface area contributed by atoms with Crippen molar-refractivity contribution in [3.05, 3.63) is 30.1 Å². The number of benzene rings is 1. The molecule has 0 bridgehead atoms. The van der Waals surface area contributed by atoms with Crippen molar-refractivity contribution in [2.24, 2.45) is 5.92 Å². The van der Waals surface area contributed by atoms with Crippen LogP contribution in [0.25, 0.3) is 0 Å². The quantitative estimate of drug-likeness (QED) is 0.448. The summed E-state index contributed by atoms with van der Waals surface area (Å²) in [5.41, 5.74) is 0. The van der Waals surface area contributed by atoms with Gasteiger partial charge in [0.2, 0.25) is 11.1 Å². The third kappa shape index (κ3) is 5.88. The molecule has 28 heavy (non-hydrogen) atoms. The number of methoxy groups -OCH3 is 1. The lowest BCUT2D eigenvalue weighted by Gasteiger charge is -2.19. The summed E-state index contributed by atoms with van der Waals surface area (Å²) in [6.07, 6.45) is 0. The number of ketones is 1. The van der Waals surface area contributed by atoms with Gasteiger partial charge in [-0.25, -0.2) is 4.68 Å². The van der Waals surface area contributed by atoms with Gasteiger partial charge in [-0.3, -0.25) is 9.59 Å². The van der Waals surface area contributed by atoms with Crippen molar-refractivity contribution in [2.45, 2.75) is 38.6 Å². The number of nitrogens with two attached hydrogens (primary N) is 1. The van der Waals surface area contributed by atoms with E-state index in [-0.39, 0.29) is 30.0 Å². The Kier molecular flexibility index (Phi) is 7.68. The predicted octanol–water partition coefficient (Wildman–Crippen LogP) is 1.40. The summed E-state index contributed by atoms with van der Waals surface area (Å²) < 4.78 is 12.1. The third-order valence-corrected chi connectivity index (χ3v) is 4.84. The van der Waals surface area contributed by atoms with Gasteiger partial charge in [0.15, 0.2) is 11.6 Å². The minimum absolute atomic E-state index is 0.0185. The first-order valence-corrected chi connectivity index (χ1v) is 9.69. The molecular formula is C18H25N5O4S. The Hall–Kier alpha value is -2.75. The summed E-state index contributed by atoms with van der Waals surface area (Å²) in [5, 5.41) is 11.1. The number of aromatic nitrogens is 3. The number of hydrogen-bond acceptors (Lipinski definition) is 8. The van der Waals surface area contributed by atoms with Crippen LogP contribution in [0.1, 0.15) is 26.6 Å². The molecule has 10 heteroatoms. The molecule has 2 rings (SSSR count). The number of carbonyl (C=O) groups excluding carboxylic acids is 2. The van der Waals surface area contributed by atoms with Crippen LogP contribution >= 0.6 is 11.8 Å². The highest BCUT2D eigenvalue weighted by Gasteiger charge is 2.21. The maximum atomic E-state index is 12.1. The zero-order valence-electron chi connectivity index (χ0n) is 16.3. The standard InChI is InChI=1S/C18H25N5O4S/c1-11(2)17(12(3)24)20-16(25)10-28-18-22-21-15(23(18)19)9-27-14-7-5-6-13(8-14)26-4/h5-8,11,17H,9-10,19H2,1-4H3,(H,20,25). The normalized spacial score (nSPS) is 11.9. The van der Waals surface area contributed by atoms with Crippen LogP contribution in [0.15, 0.2) is 29.4 Å². The number of ether oxygens (including phenoxy) is 2. The number of rotatable bonds is 10. The first-order valence-electron chi connectivity index (χ1n) is 8.70. The molecule has 1 aromatic carbocycles. The van der Waals surface area contributed by atoms with E-state index >= 15 is 0 Å². The van der Waals surface area contributed by atoms with Gasteiger partial charge < -0.3 is 20.6 Å². The average Bonchev–Trinajstić information content (AvgIpc) is 3.02. The van der Waals surface area contributed by atoms with Crippen molar-refractivity contribution in [3.8, 4) is 11.5 Å². The average molecular weight is 407 g/mol. The third-order valence-electron chi connectivity index (χ3n) is 3.90. The lowest BCUT2D eigenvalue weighted by atomic mass is 10.0. The van der Waals surface area contributed by atoms with E-state index in [1.54, 1.807) is 19.2 Å². The summed E-state index contributed by atoms with van der Waals surface area (Å²) in [4.78, 5) is 23.7. The predicted molar refractivity (Wildman–Crippen MR) is 106 cm³/mol. The zero-order chi connectivity index (χ0) is 20.7. The molecule has 1 unspecified atom stereocenters. The molecule has 3 N–H and O–H groups in total. The molecule has 1 heterocycles. The highest BCUT2D eigenvalue weighted by atomic mass is 32.2. The minimum Gasteiger partial charge on any atom is -0.497 e. The van der Waals surface area contributed by atoms with Gasteiger partial charge in [0.05, 0.1) is 18.9 Å². The Bertz CT molecular complexity index is 824. The molecule has 152 valence electrons. The molecule has 1 aromatic heterocycles. The van der Waals surface area contributed by atoms with Gasteiger partial charge in [-0.05, 0) is 25.0 Å². The van der Waals surface area contributed by atoms with E-state index in [4.69, 9.17) is 15.3 Å². The molecule has 0 aliphatic rings. The Balaban J connectivity index is 1.90. The molecule has 0 saturated heterocycles. The molecule has 0 radical (unpaired) electrons. The number of hydrogen-bond donors (Lipinski definition) is 2. The van der Waals surface area contributed by atoms with Gasteiger partial charge in [0.1, 0.15) is 18.1 Å². The number of carbonyl (C=O) groups is 2. The van der Waals surface area contributed by atoms with Crippen molar-refractivity contribution >= 4 is 23.5 Å². The van der Waals surface area contributed by atoms with Crippen LogP contribution in [0.3, 0.4) is 0 Å². The number of nitrogens with one attached hydrogen (secondary N) is 1. The molecule has 0 spiro atoms. The fourth-order valence-corrected chi connectivity index (χ4v) is 3.11. The second-order valence-electron chi connectivity index (χ2n) is 6.42. The van der Waals surface area contributed by atoms with Crippen molar-refractivity contribution in [2.75, 3.05) is 18.7 Å². The molecule has 0 aliphatic heterocycles. The van der Waals surface area contributed by atoms with E-state index < -0.39 is 6.04 Å². The Morgan fingerprint density at radius 2 is 2.00 bits per heavy atom. The lowest BCUT2D eigenvalue weighted by molar-refractivity contribution is -0.126. The second-order valence-corrected chi connectivity index (χ2v) is 7.37. The van der Waals surface area contributed by atoms with Gasteiger partial charge in [-0.1, -0.05) is 31.7 Å². The van der Waals surface area contributed by atoms with Gasteiger partial charge in [-0.15, -0.1) is 10.2 Å². The van der Waals surface area contributed by atoms with E-state index in [2.05, 4.69) is 15.5 Å². The van der Waals surface area contributed by atoms with Crippen LogP contribution < -0.4 is 20.6 Å². The fourth-order valence-electron chi connectivity index (χ4n) is 2.43. The van der Waals surface area contributed by atoms with Gasteiger partial charge in [0, 0.05) is 6.07 Å². The molecule has 0 fully saturated rings. The number of nitrogen functional groups attached to an aromatic ring is 1. The highest BCUT2D eigenvalue weighted by Crippen LogP contribution is 2.20. The SMILES string of the molecule is COc1cccc(OCc2nnc(SCC(=O)NC(C(C)=O)C(C)C)n2N)c1. The van der Waals surface area contributed by atoms with E-state index in [0.717, 1.165) is 11.8 Å². The first-order chi connectivity index (χ1) is 13.3. The van der Waals surface area contributed by atoms with Crippen LogP contribution in [-0.4, -0.2) is 45.5 Å². The van der Waals surface area contributed by atoms with Gasteiger partial charge in [0.25, 0.3) is 0 Å². The highest BCUT2D eigenvalue weighted by molar-refractivity contribution is 7.99. The monoisotopic (exact) mass is 407 g/mol. The number of amides is 1. The van der Waals surface area contributed by atoms with Crippen molar-refractivity contribution in [3.63, 3.8) is 0 Å². The summed E-state index contributed by atoms with van der Waals surface area (Å²) in [5.74, 6) is 7.44. The fraction of sp³-hybridized carbons (Fsp3) is 0.444. The number of thioether (sulfide) groups is 1. The largest absolute Gasteiger partial charge is 0.497 e. The van der Waals surface area contributed by atoms with Crippen molar-refractivity contribution in [1.82, 2.24) is 20.2 Å². The van der Waals surface area contributed by atoms with Crippen LogP contribution in [0.2, 0.25) is 0 Å². The Morgan fingerprint density at radius 1 is 1.29 bits per heavy atom. The summed E-state index contributed by atoms with van der Waals surface area (Å²) in [6.45, 7) is 5.33. The minimum atomic E-state index is -0.504. The maximum absolute atomic E-state index is 12.1. The van der Waals surface area contributed by atoms with Crippen LogP contribution in [0, 0.1) is 5.92 Å². The smallest absolute Gasteiger partial charge is 0.231 e. The Labute approximate surface area is 167 Å². The van der Waals surface area contributed by atoms with E-state index in [1.165, 1.54) is 11.6 Å². The summed E-state index contributed by atoms with van der Waals surface area (Å²) in [7, 11) is 1.58. The number of Topliss-reactive ketones (excluding diaryl/α,β-unsaturated/α-hetero) is 1. The molecular weight excluding hydrogens is 382 g/mol. The van der Waals surface area contributed by atoms with E-state index in [9.17, 15) is 9.59 Å². The Morgan fingerprint density at radius 3 is 2.64 bits per heavy atom. The number of nitrogens with zero attached hydrogens (tertiary/aromatic N) is 3. The van der Waals surface area contributed by atoms with E-state index in [1.807, 2.05) is 26.0 Å². The van der Waals surface area contributed by atoms with Crippen LogP contribution in [0.4, 0.5) is 0 Å². The molecule has 2 aromatic rings. The van der Waals surface area contributed by atoms with Crippen LogP contribution in [0.5, 0.6) is 11.5 Å². The molecule has 0 aliphatic carbocycles. The zero-order valence-corrected chi connectivity index (χ0v) is 17.2. The molecule has 0 saturated carbocycles. The van der Waals surface area contributed by atoms with E-state index in [0.29, 0.717) is 22.5 Å². The molecule has 1 amide bonds. The lowest BCUT2D eigenvalue weighted by Crippen LogP contribution is -2.44. The van der Waals surface area contributed by atoms with Crippen molar-refractivity contribution in [1.29, 1.82) is 0 Å².